The molecule has 3 N–H and O–H groups in total. The van der Waals surface area contributed by atoms with Crippen LogP contribution in [0.5, 0.6) is 0 Å². The van der Waals surface area contributed by atoms with Crippen LogP contribution in [-0.2, 0) is 11.3 Å². The molecule has 0 spiro atoms. The van der Waals surface area contributed by atoms with Crippen molar-refractivity contribution in [1.82, 2.24) is 20.3 Å². The third kappa shape index (κ3) is 7.78. The number of aromatic nitrogens is 3. The lowest BCUT2D eigenvalue weighted by atomic mass is 10.1. The minimum Gasteiger partial charge on any atom is -0.399 e. The molecule has 0 aliphatic heterocycles. The molecule has 6 nitrogen and oxygen atoms in total. The van der Waals surface area contributed by atoms with Gasteiger partial charge in [-0.25, -0.2) is 0 Å². The number of unbranched alkanes of at least 4 members (excludes halogenated alkanes) is 7. The van der Waals surface area contributed by atoms with E-state index in [1.54, 1.807) is 0 Å². The van der Waals surface area contributed by atoms with E-state index in [0.717, 1.165) is 55.7 Å². The molecular weight excluding hydrogens is 326 g/mol. The van der Waals surface area contributed by atoms with Gasteiger partial charge in [0, 0.05) is 24.2 Å². The molecule has 142 valence electrons. The maximum absolute atomic E-state index is 10.2. The summed E-state index contributed by atoms with van der Waals surface area (Å²) in [5.41, 5.74) is 8.36. The van der Waals surface area contributed by atoms with Gasteiger partial charge in [0.05, 0.1) is 12.7 Å². The van der Waals surface area contributed by atoms with Crippen molar-refractivity contribution in [2.45, 2.75) is 57.9 Å². The molecule has 0 fully saturated rings. The number of nitrogens with zero attached hydrogens (tertiary/aromatic N) is 3. The summed E-state index contributed by atoms with van der Waals surface area (Å²) >= 11 is 0. The summed E-state index contributed by atoms with van der Waals surface area (Å²) < 4.78 is 1.87. The van der Waals surface area contributed by atoms with Gasteiger partial charge in [0.2, 0.25) is 0 Å². The van der Waals surface area contributed by atoms with Crippen molar-refractivity contribution < 1.29 is 4.79 Å². The molecule has 0 aliphatic rings. The van der Waals surface area contributed by atoms with Crippen LogP contribution in [0.4, 0.5) is 5.69 Å². The fourth-order valence-electron chi connectivity index (χ4n) is 2.87. The lowest BCUT2D eigenvalue weighted by molar-refractivity contribution is -0.107. The number of benzene rings is 1. The van der Waals surface area contributed by atoms with Crippen LogP contribution in [0, 0.1) is 0 Å². The van der Waals surface area contributed by atoms with E-state index in [0.29, 0.717) is 0 Å². The van der Waals surface area contributed by atoms with Crippen LogP contribution in [0.2, 0.25) is 0 Å². The number of aldehydes is 1. The largest absolute Gasteiger partial charge is 0.399 e. The molecule has 1 aromatic heterocycles. The van der Waals surface area contributed by atoms with Gasteiger partial charge in [0.1, 0.15) is 12.0 Å². The number of carbonyl (C=O) groups excluding carboxylic acids is 1. The molecule has 2 aromatic rings. The summed E-state index contributed by atoms with van der Waals surface area (Å²) in [5, 5.41) is 11.9. The van der Waals surface area contributed by atoms with Crippen molar-refractivity contribution in [1.29, 1.82) is 0 Å². The lowest BCUT2D eigenvalue weighted by Crippen LogP contribution is -2.21. The van der Waals surface area contributed by atoms with Gasteiger partial charge in [-0.2, -0.15) is 0 Å². The van der Waals surface area contributed by atoms with Gasteiger partial charge in [-0.15, -0.1) is 5.10 Å². The Morgan fingerprint density at radius 2 is 1.65 bits per heavy atom. The first-order valence-electron chi connectivity index (χ1n) is 9.70. The summed E-state index contributed by atoms with van der Waals surface area (Å²) in [5.74, 6) is 0. The molecule has 1 heterocycles. The molecule has 2 rings (SSSR count). The van der Waals surface area contributed by atoms with Crippen LogP contribution in [0.15, 0.2) is 30.5 Å². The van der Waals surface area contributed by atoms with Gasteiger partial charge in [-0.3, -0.25) is 4.68 Å². The lowest BCUT2D eigenvalue weighted by Gasteiger charge is -2.05. The highest BCUT2D eigenvalue weighted by molar-refractivity contribution is 5.60. The fourth-order valence-corrected chi connectivity index (χ4v) is 2.87. The van der Waals surface area contributed by atoms with Crippen LogP contribution in [-0.4, -0.2) is 34.4 Å². The monoisotopic (exact) mass is 357 g/mol. The minimum absolute atomic E-state index is 0.719. The third-order valence-corrected chi connectivity index (χ3v) is 4.44. The Morgan fingerprint density at radius 3 is 2.38 bits per heavy atom. The van der Waals surface area contributed by atoms with Crippen molar-refractivity contribution in [3.8, 4) is 11.3 Å². The maximum atomic E-state index is 10.2. The van der Waals surface area contributed by atoms with Crippen molar-refractivity contribution in [2.24, 2.45) is 0 Å². The average Bonchev–Trinajstić information content (AvgIpc) is 3.12. The fraction of sp³-hybridized carbons (Fsp3) is 0.550. The van der Waals surface area contributed by atoms with Crippen molar-refractivity contribution in [3.63, 3.8) is 0 Å². The molecule has 26 heavy (non-hydrogen) atoms. The van der Waals surface area contributed by atoms with E-state index in [2.05, 4.69) is 15.6 Å². The molecule has 0 saturated heterocycles. The molecule has 0 saturated carbocycles. The summed E-state index contributed by atoms with van der Waals surface area (Å²) in [6.07, 6.45) is 12.2. The zero-order chi connectivity index (χ0) is 18.5. The Kier molecular flexibility index (Phi) is 9.43. The molecule has 0 aliphatic carbocycles. The van der Waals surface area contributed by atoms with Crippen LogP contribution < -0.4 is 11.1 Å². The van der Waals surface area contributed by atoms with E-state index in [1.807, 2.05) is 35.1 Å². The highest BCUT2D eigenvalue weighted by Crippen LogP contribution is 2.17. The van der Waals surface area contributed by atoms with Crippen molar-refractivity contribution in [2.75, 3.05) is 18.8 Å². The Balaban J connectivity index is 1.49. The van der Waals surface area contributed by atoms with Gasteiger partial charge in [-0.05, 0) is 31.5 Å². The third-order valence-electron chi connectivity index (χ3n) is 4.44. The molecule has 1 aromatic carbocycles. The first-order valence-corrected chi connectivity index (χ1v) is 9.70. The van der Waals surface area contributed by atoms with E-state index in [4.69, 9.17) is 5.73 Å². The smallest absolute Gasteiger partial charge is 0.119 e. The number of hydrogen-bond acceptors (Lipinski definition) is 5. The van der Waals surface area contributed by atoms with E-state index >= 15 is 0 Å². The van der Waals surface area contributed by atoms with Crippen LogP contribution >= 0.6 is 0 Å². The van der Waals surface area contributed by atoms with Crippen LogP contribution in [0.1, 0.15) is 51.4 Å². The normalized spacial score (nSPS) is 10.9. The number of carbonyl (C=O) groups is 1. The Hall–Kier alpha value is -2.21. The molecule has 0 bridgehead atoms. The molecule has 0 unspecified atom stereocenters. The zero-order valence-electron chi connectivity index (χ0n) is 15.6. The second-order valence-corrected chi connectivity index (χ2v) is 6.67. The summed E-state index contributed by atoms with van der Waals surface area (Å²) in [6.45, 7) is 2.76. The van der Waals surface area contributed by atoms with Crippen LogP contribution in [0.3, 0.4) is 0 Å². The van der Waals surface area contributed by atoms with E-state index in [1.165, 1.54) is 38.5 Å². The number of nitrogens with two attached hydrogens (primary N) is 1. The second kappa shape index (κ2) is 12.2. The quantitative estimate of drug-likeness (QED) is 0.307. The molecule has 0 radical (unpaired) electrons. The van der Waals surface area contributed by atoms with Gasteiger partial charge >= 0.3 is 0 Å². The standard InChI is InChI=1S/C20H31N5O/c21-19-11-9-18(10-12-19)20-17-25(24-23-20)15-14-22-13-7-5-3-1-2-4-6-8-16-26/h9-12,16-17,22H,1-8,13-15,21H2. The summed E-state index contributed by atoms with van der Waals surface area (Å²) in [7, 11) is 0. The number of rotatable bonds is 14. The number of hydrogen-bond donors (Lipinski definition) is 2. The molecule has 6 heteroatoms. The molecule has 0 atom stereocenters. The highest BCUT2D eigenvalue weighted by Gasteiger charge is 2.03. The van der Waals surface area contributed by atoms with Gasteiger partial charge in [0.15, 0.2) is 0 Å². The summed E-state index contributed by atoms with van der Waals surface area (Å²) in [6, 6.07) is 7.68. The van der Waals surface area contributed by atoms with Gasteiger partial charge in [0.25, 0.3) is 0 Å². The van der Waals surface area contributed by atoms with Gasteiger partial charge < -0.3 is 15.8 Å². The van der Waals surface area contributed by atoms with E-state index in [9.17, 15) is 4.79 Å². The first-order chi connectivity index (χ1) is 12.8. The molecule has 0 amide bonds. The Labute approximate surface area is 156 Å². The zero-order valence-corrected chi connectivity index (χ0v) is 15.6. The number of nitrogens with one attached hydrogen (secondary N) is 1. The summed E-state index contributed by atoms with van der Waals surface area (Å²) in [4.78, 5) is 10.2. The SMILES string of the molecule is Nc1ccc(-c2cn(CCNCCCCCCCCCC=O)nn2)cc1. The highest BCUT2D eigenvalue weighted by atomic mass is 16.1. The second-order valence-electron chi connectivity index (χ2n) is 6.67. The number of nitrogen functional groups attached to an aromatic ring is 1. The van der Waals surface area contributed by atoms with E-state index in [-0.39, 0.29) is 0 Å². The Morgan fingerprint density at radius 1 is 0.962 bits per heavy atom. The van der Waals surface area contributed by atoms with E-state index < -0.39 is 0 Å². The van der Waals surface area contributed by atoms with Crippen molar-refractivity contribution >= 4 is 12.0 Å². The van der Waals surface area contributed by atoms with Gasteiger partial charge in [-0.1, -0.05) is 49.5 Å². The first kappa shape index (κ1) is 20.1. The number of anilines is 1. The Bertz CT molecular complexity index is 623. The topological polar surface area (TPSA) is 85.8 Å². The predicted octanol–water partition coefficient (Wildman–Crippen LogP) is 3.44. The minimum atomic E-state index is 0.719. The molecular formula is C20H31N5O. The predicted molar refractivity (Wildman–Crippen MR) is 106 cm³/mol. The van der Waals surface area contributed by atoms with Crippen LogP contribution in [0.25, 0.3) is 11.3 Å². The average molecular weight is 358 g/mol. The van der Waals surface area contributed by atoms with Crippen molar-refractivity contribution in [3.05, 3.63) is 30.5 Å². The maximum Gasteiger partial charge on any atom is 0.119 e.